The minimum absolute atomic E-state index is 0. The Morgan fingerprint density at radius 2 is 1.54 bits per heavy atom. The van der Waals surface area contributed by atoms with Crippen molar-refractivity contribution in [1.29, 1.82) is 0 Å². The van der Waals surface area contributed by atoms with Gasteiger partial charge in [0.05, 0.1) is 12.5 Å². The summed E-state index contributed by atoms with van der Waals surface area (Å²) in [7, 11) is 0. The van der Waals surface area contributed by atoms with E-state index in [1.54, 1.807) is 12.5 Å². The van der Waals surface area contributed by atoms with Gasteiger partial charge < -0.3 is 13.9 Å². The Labute approximate surface area is 309 Å². The Morgan fingerprint density at radius 3 is 2.20 bits per heavy atom. The summed E-state index contributed by atoms with van der Waals surface area (Å²) in [6, 6.07) is 22.0. The van der Waals surface area contributed by atoms with Crippen LogP contribution in [0.1, 0.15) is 93.6 Å². The summed E-state index contributed by atoms with van der Waals surface area (Å²) in [5, 5.41) is 14.4. The molecular weight excluding hydrogens is 801 g/mol. The van der Waals surface area contributed by atoms with Crippen molar-refractivity contribution < 1.29 is 38.8 Å². The molecule has 50 heavy (non-hydrogen) atoms. The summed E-state index contributed by atoms with van der Waals surface area (Å²) >= 11 is 0. The van der Waals surface area contributed by atoms with Crippen molar-refractivity contribution in [2.75, 3.05) is 0 Å². The maximum atomic E-state index is 12.2. The Morgan fingerprint density at radius 1 is 0.860 bits per heavy atom. The van der Waals surface area contributed by atoms with E-state index >= 15 is 0 Å². The quantitative estimate of drug-likeness (QED) is 0.0885. The fourth-order valence-corrected chi connectivity index (χ4v) is 5.95. The molecule has 0 aliphatic carbocycles. The summed E-state index contributed by atoms with van der Waals surface area (Å²) in [5.74, 6) is 0.989. The smallest absolute Gasteiger partial charge is 0.164 e. The van der Waals surface area contributed by atoms with Crippen molar-refractivity contribution in [3.63, 3.8) is 0 Å². The Hall–Kier alpha value is -4.06. The van der Waals surface area contributed by atoms with E-state index in [-0.39, 0.29) is 47.9 Å². The first-order valence-corrected chi connectivity index (χ1v) is 17.4. The molecule has 6 nitrogen and oxygen atoms in total. The number of benzene rings is 2. The zero-order chi connectivity index (χ0) is 35.6. The Bertz CT molecular complexity index is 2120. The number of pyridine rings is 2. The fraction of sp³-hybridized carbons (Fsp3) is 0.372. The van der Waals surface area contributed by atoms with Crippen LogP contribution in [0.5, 0.6) is 0 Å². The second kappa shape index (κ2) is 15.4. The minimum Gasteiger partial charge on any atom is -0.512 e. The SMILES string of the molecule is CC(C)(C)c1cc(-c2nccc3cc(-c4cc5ccoc5cn4)oc23)[c-]c2ccccc12.CCC(C)(CC)C(=O)/C=C(\O)C(C)(CC)CC.[Ir]. The van der Waals surface area contributed by atoms with Crippen LogP contribution in [0.15, 0.2) is 93.9 Å². The van der Waals surface area contributed by atoms with Crippen LogP contribution in [0.4, 0.5) is 0 Å². The molecule has 0 amide bonds. The fourth-order valence-electron chi connectivity index (χ4n) is 5.95. The molecule has 0 fully saturated rings. The number of nitrogens with zero attached hydrogens (tertiary/aromatic N) is 2. The molecule has 265 valence electrons. The van der Waals surface area contributed by atoms with Gasteiger partial charge in [0.25, 0.3) is 0 Å². The number of aliphatic hydroxyl groups is 1. The first kappa shape index (κ1) is 38.7. The van der Waals surface area contributed by atoms with Gasteiger partial charge in [-0.2, -0.15) is 0 Å². The average molecular weight is 850 g/mol. The number of rotatable bonds is 9. The number of hydrogen-bond donors (Lipinski definition) is 1. The van der Waals surface area contributed by atoms with E-state index in [2.05, 4.69) is 56.1 Å². The summed E-state index contributed by atoms with van der Waals surface area (Å²) in [6.07, 6.45) is 9.97. The van der Waals surface area contributed by atoms with E-state index in [0.717, 1.165) is 70.0 Å². The van der Waals surface area contributed by atoms with Gasteiger partial charge in [-0.1, -0.05) is 91.5 Å². The number of allylic oxidation sites excluding steroid dienone is 2. The first-order valence-electron chi connectivity index (χ1n) is 17.4. The van der Waals surface area contributed by atoms with Gasteiger partial charge in [-0.3, -0.25) is 9.78 Å². The number of ketones is 1. The number of fused-ring (bicyclic) bond motifs is 3. The van der Waals surface area contributed by atoms with Crippen LogP contribution in [0.2, 0.25) is 0 Å². The maximum absolute atomic E-state index is 12.2. The van der Waals surface area contributed by atoms with Crippen LogP contribution in [-0.2, 0) is 30.3 Å². The summed E-state index contributed by atoms with van der Waals surface area (Å²) < 4.78 is 11.7. The third kappa shape index (κ3) is 7.80. The van der Waals surface area contributed by atoms with Crippen LogP contribution in [0.3, 0.4) is 0 Å². The molecule has 0 bridgehead atoms. The second-order valence-electron chi connectivity index (χ2n) is 14.5. The Balaban J connectivity index is 0.000000269. The van der Waals surface area contributed by atoms with Gasteiger partial charge in [-0.15, -0.1) is 29.1 Å². The molecule has 7 heteroatoms. The summed E-state index contributed by atoms with van der Waals surface area (Å²) in [5.41, 5.74) is 4.62. The third-order valence-corrected chi connectivity index (χ3v) is 10.5. The number of carbonyl (C=O) groups excluding carboxylic acids is 1. The average Bonchev–Trinajstić information content (AvgIpc) is 3.77. The molecule has 1 radical (unpaired) electrons. The van der Waals surface area contributed by atoms with Crippen LogP contribution in [0.25, 0.3) is 55.4 Å². The normalized spacial score (nSPS) is 12.5. The van der Waals surface area contributed by atoms with E-state index in [1.165, 1.54) is 17.0 Å². The monoisotopic (exact) mass is 850 g/mol. The van der Waals surface area contributed by atoms with Gasteiger partial charge in [-0.25, -0.2) is 4.98 Å². The topological polar surface area (TPSA) is 89.4 Å². The molecule has 6 aromatic rings. The van der Waals surface area contributed by atoms with E-state index in [4.69, 9.17) is 13.8 Å². The molecule has 0 unspecified atom stereocenters. The Kier molecular flexibility index (Phi) is 12.0. The van der Waals surface area contributed by atoms with Crippen molar-refractivity contribution in [2.45, 2.75) is 93.4 Å². The maximum Gasteiger partial charge on any atom is 0.164 e. The van der Waals surface area contributed by atoms with E-state index in [1.807, 2.05) is 78.1 Å². The van der Waals surface area contributed by atoms with Gasteiger partial charge in [0.2, 0.25) is 0 Å². The largest absolute Gasteiger partial charge is 0.512 e. The zero-order valence-corrected chi connectivity index (χ0v) is 33.1. The van der Waals surface area contributed by atoms with Crippen molar-refractivity contribution in [2.24, 2.45) is 10.8 Å². The number of aromatic nitrogens is 2. The molecule has 2 aromatic carbocycles. The van der Waals surface area contributed by atoms with Crippen LogP contribution in [-0.4, -0.2) is 20.9 Å². The molecule has 6 rings (SSSR count). The van der Waals surface area contributed by atoms with Gasteiger partial charge in [-0.05, 0) is 55.4 Å². The number of carbonyl (C=O) groups is 1. The molecule has 0 aliphatic heterocycles. The number of furan rings is 2. The first-order chi connectivity index (χ1) is 23.3. The van der Waals surface area contributed by atoms with Gasteiger partial charge in [0, 0.05) is 59.7 Å². The molecular formula is C43H49IrN2O4-. The molecule has 1 N–H and O–H groups in total. The summed E-state index contributed by atoms with van der Waals surface area (Å²) in [4.78, 5) is 21.4. The third-order valence-electron chi connectivity index (χ3n) is 10.5. The zero-order valence-electron chi connectivity index (χ0n) is 30.7. The van der Waals surface area contributed by atoms with Gasteiger partial charge >= 0.3 is 0 Å². The molecule has 4 aromatic heterocycles. The predicted octanol–water partition coefficient (Wildman–Crippen LogP) is 12.2. The van der Waals surface area contributed by atoms with E-state index in [0.29, 0.717) is 5.76 Å². The van der Waals surface area contributed by atoms with Crippen LogP contribution >= 0.6 is 0 Å². The molecule has 0 saturated heterocycles. The minimum atomic E-state index is -0.337. The number of hydrogen-bond acceptors (Lipinski definition) is 6. The molecule has 4 heterocycles. The van der Waals surface area contributed by atoms with Crippen LogP contribution in [0, 0.1) is 16.9 Å². The van der Waals surface area contributed by atoms with E-state index in [9.17, 15) is 9.90 Å². The predicted molar refractivity (Wildman–Crippen MR) is 201 cm³/mol. The standard InChI is InChI=1S/C28H21N2O2.C15H28O2.Ir/c1-28(2,3)22-13-20(12-17-6-4-5-7-21(17)22)26-27-19(8-10-29-26)15-24(32-27)23-14-18-9-11-31-25(18)16-30-23;1-7-14(5,8-2)12(16)11-13(17)15(6,9-3)10-4;/h4-11,13-16H,1-3H3;11,16H,7-10H2,1-6H3;/q-1;;/b;12-11-;. The van der Waals surface area contributed by atoms with Crippen molar-refractivity contribution >= 4 is 38.5 Å². The van der Waals surface area contributed by atoms with Gasteiger partial charge in [0.15, 0.2) is 17.1 Å². The van der Waals surface area contributed by atoms with Gasteiger partial charge in [0.1, 0.15) is 17.0 Å². The van der Waals surface area contributed by atoms with E-state index < -0.39 is 0 Å². The van der Waals surface area contributed by atoms with Crippen molar-refractivity contribution in [1.82, 2.24) is 9.97 Å². The summed E-state index contributed by atoms with van der Waals surface area (Å²) in [6.45, 7) is 18.8. The second-order valence-corrected chi connectivity index (χ2v) is 14.5. The molecule has 0 spiro atoms. The van der Waals surface area contributed by atoms with Crippen molar-refractivity contribution in [3.05, 3.63) is 96.7 Å². The molecule has 0 atom stereocenters. The van der Waals surface area contributed by atoms with Crippen LogP contribution < -0.4 is 0 Å². The molecule has 0 saturated carbocycles. The van der Waals surface area contributed by atoms with Crippen molar-refractivity contribution in [3.8, 4) is 22.7 Å². The number of aliphatic hydroxyl groups excluding tert-OH is 1. The molecule has 0 aliphatic rings.